The highest BCUT2D eigenvalue weighted by Crippen LogP contribution is 2.31. The molecule has 0 bridgehead atoms. The van der Waals surface area contributed by atoms with Gasteiger partial charge in [-0.05, 0) is 46.0 Å². The number of carbonyl (C=O) groups excluding carboxylic acids is 1. The van der Waals surface area contributed by atoms with Crippen LogP contribution in [-0.4, -0.2) is 73.7 Å². The van der Waals surface area contributed by atoms with Crippen molar-refractivity contribution in [3.8, 4) is 0 Å². The minimum Gasteiger partial charge on any atom is -0.335 e. The molecule has 2 heterocycles. The predicted molar refractivity (Wildman–Crippen MR) is 92.1 cm³/mol. The standard InChI is InChI=1S/C17H25N3O3S/c1-12-7-5-6-8-16(12)24(22,23)20-11-15-9-14(18(3)4)10-19(15)17(21)13(20)2/h5-8,13-15H,9-11H2,1-4H3/t13-,14-,15-/m0/s1. The molecule has 0 aliphatic carbocycles. The van der Waals surface area contributed by atoms with E-state index in [2.05, 4.69) is 4.90 Å². The lowest BCUT2D eigenvalue weighted by Crippen LogP contribution is -2.60. The number of piperazine rings is 1. The minimum atomic E-state index is -3.68. The summed E-state index contributed by atoms with van der Waals surface area (Å²) >= 11 is 0. The van der Waals surface area contributed by atoms with Crippen LogP contribution in [0.15, 0.2) is 29.2 Å². The molecule has 2 aliphatic heterocycles. The lowest BCUT2D eigenvalue weighted by atomic mass is 10.1. The highest BCUT2D eigenvalue weighted by molar-refractivity contribution is 7.89. The summed E-state index contributed by atoms with van der Waals surface area (Å²) in [5.41, 5.74) is 0.706. The molecule has 7 heteroatoms. The molecule has 6 nitrogen and oxygen atoms in total. The molecular formula is C17H25N3O3S. The monoisotopic (exact) mass is 351 g/mol. The van der Waals surface area contributed by atoms with Crippen molar-refractivity contribution in [2.75, 3.05) is 27.2 Å². The highest BCUT2D eigenvalue weighted by Gasteiger charge is 2.48. The summed E-state index contributed by atoms with van der Waals surface area (Å²) in [4.78, 5) is 17.0. The van der Waals surface area contributed by atoms with Crippen molar-refractivity contribution in [3.05, 3.63) is 29.8 Å². The zero-order valence-corrected chi connectivity index (χ0v) is 15.5. The summed E-state index contributed by atoms with van der Waals surface area (Å²) in [5.74, 6) is -0.0900. The average molecular weight is 351 g/mol. The Balaban J connectivity index is 1.93. The molecule has 3 atom stereocenters. The quantitative estimate of drug-likeness (QED) is 0.812. The molecule has 2 saturated heterocycles. The maximum absolute atomic E-state index is 13.1. The largest absolute Gasteiger partial charge is 0.335 e. The maximum Gasteiger partial charge on any atom is 0.244 e. The smallest absolute Gasteiger partial charge is 0.244 e. The summed E-state index contributed by atoms with van der Waals surface area (Å²) in [6.45, 7) is 4.53. The normalized spacial score (nSPS) is 28.5. The number of carbonyl (C=O) groups is 1. The van der Waals surface area contributed by atoms with E-state index in [4.69, 9.17) is 0 Å². The molecular weight excluding hydrogens is 326 g/mol. The second-order valence-electron chi connectivity index (χ2n) is 7.01. The average Bonchev–Trinajstić information content (AvgIpc) is 2.95. The van der Waals surface area contributed by atoms with Gasteiger partial charge in [-0.15, -0.1) is 0 Å². The maximum atomic E-state index is 13.1. The van der Waals surface area contributed by atoms with Crippen molar-refractivity contribution in [1.82, 2.24) is 14.1 Å². The van der Waals surface area contributed by atoms with Crippen LogP contribution in [0, 0.1) is 6.92 Å². The Kier molecular flexibility index (Phi) is 4.44. The van der Waals surface area contributed by atoms with E-state index in [1.54, 1.807) is 32.0 Å². The Morgan fingerprint density at radius 2 is 1.83 bits per heavy atom. The third-order valence-corrected chi connectivity index (χ3v) is 7.36. The van der Waals surface area contributed by atoms with E-state index in [1.165, 1.54) is 4.31 Å². The number of aryl methyl sites for hydroxylation is 1. The first-order valence-electron chi connectivity index (χ1n) is 8.28. The summed E-state index contributed by atoms with van der Waals surface area (Å²) < 4.78 is 27.6. The second kappa shape index (κ2) is 6.13. The Morgan fingerprint density at radius 1 is 1.17 bits per heavy atom. The number of fused-ring (bicyclic) bond motifs is 1. The number of sulfonamides is 1. The van der Waals surface area contributed by atoms with Gasteiger partial charge < -0.3 is 9.80 Å². The van der Waals surface area contributed by atoms with Crippen molar-refractivity contribution in [2.24, 2.45) is 0 Å². The lowest BCUT2D eigenvalue weighted by molar-refractivity contribution is -0.139. The molecule has 0 N–H and O–H groups in total. The summed E-state index contributed by atoms with van der Waals surface area (Å²) in [7, 11) is 0.319. The van der Waals surface area contributed by atoms with Crippen LogP contribution in [0.4, 0.5) is 0 Å². The van der Waals surface area contributed by atoms with Crippen LogP contribution in [0.5, 0.6) is 0 Å². The van der Waals surface area contributed by atoms with Gasteiger partial charge >= 0.3 is 0 Å². The van der Waals surface area contributed by atoms with Gasteiger partial charge in [0.1, 0.15) is 6.04 Å². The van der Waals surface area contributed by atoms with Crippen molar-refractivity contribution in [3.63, 3.8) is 0 Å². The lowest BCUT2D eigenvalue weighted by Gasteiger charge is -2.40. The number of benzene rings is 1. The number of nitrogens with zero attached hydrogens (tertiary/aromatic N) is 3. The summed E-state index contributed by atoms with van der Waals surface area (Å²) in [5, 5.41) is 0. The highest BCUT2D eigenvalue weighted by atomic mass is 32.2. The number of amides is 1. The first-order valence-corrected chi connectivity index (χ1v) is 9.72. The zero-order valence-electron chi connectivity index (χ0n) is 14.6. The molecule has 1 amide bonds. The Labute approximate surface area is 144 Å². The molecule has 0 saturated carbocycles. The van der Waals surface area contributed by atoms with Crippen molar-refractivity contribution in [1.29, 1.82) is 0 Å². The molecule has 0 aromatic heterocycles. The summed E-state index contributed by atoms with van der Waals surface area (Å²) in [6, 6.07) is 6.53. The molecule has 3 rings (SSSR count). The fourth-order valence-electron chi connectivity index (χ4n) is 3.72. The zero-order chi connectivity index (χ0) is 17.6. The number of hydrogen-bond donors (Lipinski definition) is 0. The van der Waals surface area contributed by atoms with Crippen molar-refractivity contribution >= 4 is 15.9 Å². The molecule has 24 heavy (non-hydrogen) atoms. The van der Waals surface area contributed by atoms with Gasteiger partial charge in [-0.1, -0.05) is 18.2 Å². The molecule has 0 unspecified atom stereocenters. The van der Waals surface area contributed by atoms with E-state index in [-0.39, 0.29) is 18.0 Å². The van der Waals surface area contributed by atoms with Crippen LogP contribution in [0.25, 0.3) is 0 Å². The van der Waals surface area contributed by atoms with Crippen LogP contribution in [0.2, 0.25) is 0 Å². The van der Waals surface area contributed by atoms with E-state index >= 15 is 0 Å². The van der Waals surface area contributed by atoms with Crippen LogP contribution in [0.1, 0.15) is 18.9 Å². The predicted octanol–water partition coefficient (Wildman–Crippen LogP) is 0.919. The first kappa shape index (κ1) is 17.4. The number of rotatable bonds is 3. The Bertz CT molecular complexity index is 747. The van der Waals surface area contributed by atoms with Gasteiger partial charge in [0, 0.05) is 25.2 Å². The fourth-order valence-corrected chi connectivity index (χ4v) is 5.57. The van der Waals surface area contributed by atoms with Crippen LogP contribution in [-0.2, 0) is 14.8 Å². The van der Waals surface area contributed by atoms with Crippen molar-refractivity contribution in [2.45, 2.75) is 43.3 Å². The van der Waals surface area contributed by atoms with Gasteiger partial charge in [0.15, 0.2) is 0 Å². The Hall–Kier alpha value is -1.44. The van der Waals surface area contributed by atoms with E-state index in [1.807, 2.05) is 25.1 Å². The third kappa shape index (κ3) is 2.74. The number of hydrogen-bond acceptors (Lipinski definition) is 4. The van der Waals surface area contributed by atoms with Crippen molar-refractivity contribution < 1.29 is 13.2 Å². The Morgan fingerprint density at radius 3 is 2.46 bits per heavy atom. The number of likely N-dealkylation sites (N-methyl/N-ethyl adjacent to an activating group) is 1. The molecule has 1 aromatic rings. The molecule has 1 aromatic carbocycles. The third-order valence-electron chi connectivity index (χ3n) is 5.27. The van der Waals surface area contributed by atoms with Gasteiger partial charge in [-0.3, -0.25) is 4.79 Å². The first-order chi connectivity index (χ1) is 11.2. The molecule has 2 aliphatic rings. The van der Waals surface area contributed by atoms with Gasteiger partial charge in [-0.2, -0.15) is 4.31 Å². The van der Waals surface area contributed by atoms with Crippen LogP contribution in [0.3, 0.4) is 0 Å². The molecule has 0 spiro atoms. The van der Waals surface area contributed by atoms with E-state index < -0.39 is 16.1 Å². The van der Waals surface area contributed by atoms with Gasteiger partial charge in [0.05, 0.1) is 4.90 Å². The SMILES string of the molecule is Cc1ccccc1S(=O)(=O)N1C[C@@H]2C[C@H](N(C)C)CN2C(=O)[C@@H]1C. The minimum absolute atomic E-state index is 0.0418. The van der Waals surface area contributed by atoms with Crippen LogP contribution < -0.4 is 0 Å². The van der Waals surface area contributed by atoms with Gasteiger partial charge in [0.25, 0.3) is 0 Å². The second-order valence-corrected chi connectivity index (χ2v) is 8.87. The van der Waals surface area contributed by atoms with Crippen LogP contribution >= 0.6 is 0 Å². The van der Waals surface area contributed by atoms with Gasteiger partial charge in [0.2, 0.25) is 15.9 Å². The molecule has 2 fully saturated rings. The topological polar surface area (TPSA) is 60.9 Å². The molecule has 0 radical (unpaired) electrons. The van der Waals surface area contributed by atoms with E-state index in [0.29, 0.717) is 23.5 Å². The fraction of sp³-hybridized carbons (Fsp3) is 0.588. The van der Waals surface area contributed by atoms with E-state index in [9.17, 15) is 13.2 Å². The molecule has 132 valence electrons. The summed E-state index contributed by atoms with van der Waals surface area (Å²) in [6.07, 6.45) is 0.811. The van der Waals surface area contributed by atoms with Gasteiger partial charge in [-0.25, -0.2) is 8.42 Å². The van der Waals surface area contributed by atoms with E-state index in [0.717, 1.165) is 6.42 Å².